The molecule has 1 heteroatoms. The summed E-state index contributed by atoms with van der Waals surface area (Å²) >= 11 is 0. The van der Waals surface area contributed by atoms with Gasteiger partial charge in [0.1, 0.15) is 0 Å². The average molecular weight is 128 g/mol. The molecule has 0 spiro atoms. The maximum absolute atomic E-state index is 5.43. The molecular formula is C8H16O. The second-order valence-corrected chi connectivity index (χ2v) is 3.27. The highest BCUT2D eigenvalue weighted by Gasteiger charge is 2.26. The minimum Gasteiger partial charge on any atom is -0.378 e. The summed E-state index contributed by atoms with van der Waals surface area (Å²) in [6.07, 6.45) is 1.77. The molecule has 1 saturated heterocycles. The maximum atomic E-state index is 5.43. The van der Waals surface area contributed by atoms with E-state index in [1.165, 1.54) is 6.42 Å². The molecule has 1 fully saturated rings. The van der Waals surface area contributed by atoms with Crippen LogP contribution in [0, 0.1) is 11.8 Å². The van der Waals surface area contributed by atoms with Gasteiger partial charge in [-0.2, -0.15) is 0 Å². The molecule has 0 unspecified atom stereocenters. The van der Waals surface area contributed by atoms with Crippen molar-refractivity contribution < 1.29 is 4.74 Å². The molecule has 2 atom stereocenters. The predicted octanol–water partition coefficient (Wildman–Crippen LogP) is 2.07. The fraction of sp³-hybridized carbons (Fsp3) is 1.00. The number of hydrogen-bond acceptors (Lipinski definition) is 1. The summed E-state index contributed by atoms with van der Waals surface area (Å²) in [5, 5.41) is 0. The largest absolute Gasteiger partial charge is 0.378 e. The number of hydrogen-bond donors (Lipinski definition) is 0. The van der Waals surface area contributed by atoms with Gasteiger partial charge in [-0.25, -0.2) is 0 Å². The normalized spacial score (nSPS) is 36.0. The predicted molar refractivity (Wildman–Crippen MR) is 38.4 cm³/mol. The van der Waals surface area contributed by atoms with E-state index in [4.69, 9.17) is 4.74 Å². The van der Waals surface area contributed by atoms with Gasteiger partial charge in [-0.15, -0.1) is 0 Å². The summed E-state index contributed by atoms with van der Waals surface area (Å²) in [4.78, 5) is 0. The molecule has 9 heavy (non-hydrogen) atoms. The first kappa shape index (κ1) is 7.07. The smallest absolute Gasteiger partial charge is 0.0578 e. The quantitative estimate of drug-likeness (QED) is 0.525. The zero-order valence-electron chi connectivity index (χ0n) is 6.55. The van der Waals surface area contributed by atoms with Gasteiger partial charge >= 0.3 is 0 Å². The lowest BCUT2D eigenvalue weighted by atomic mass is 9.90. The van der Waals surface area contributed by atoms with Crippen LogP contribution in [0.2, 0.25) is 0 Å². The Morgan fingerprint density at radius 3 is 2.33 bits per heavy atom. The fourth-order valence-electron chi connectivity index (χ4n) is 1.62. The van der Waals surface area contributed by atoms with Crippen LogP contribution < -0.4 is 0 Å². The topological polar surface area (TPSA) is 9.23 Å². The zero-order valence-corrected chi connectivity index (χ0v) is 6.55. The van der Waals surface area contributed by atoms with Crippen LogP contribution >= 0.6 is 0 Å². The lowest BCUT2D eigenvalue weighted by Gasteiger charge is -2.17. The van der Waals surface area contributed by atoms with Crippen LogP contribution in [0.15, 0.2) is 0 Å². The molecule has 0 bridgehead atoms. The van der Waals surface area contributed by atoms with Gasteiger partial charge in [0, 0.05) is 6.61 Å². The molecule has 0 N–H and O–H groups in total. The third kappa shape index (κ3) is 1.45. The molecule has 1 aliphatic rings. The van der Waals surface area contributed by atoms with E-state index in [-0.39, 0.29) is 0 Å². The minimum absolute atomic E-state index is 0.505. The van der Waals surface area contributed by atoms with Gasteiger partial charge in [0.15, 0.2) is 0 Å². The van der Waals surface area contributed by atoms with Crippen molar-refractivity contribution in [3.8, 4) is 0 Å². The standard InChI is InChI=1S/C8H16O/c1-6(2)8-4-5-9-7(8)3/h6-8H,4-5H2,1-3H3/t7-,8+/m1/s1. The lowest BCUT2D eigenvalue weighted by molar-refractivity contribution is 0.0946. The van der Waals surface area contributed by atoms with E-state index in [9.17, 15) is 0 Å². The van der Waals surface area contributed by atoms with Gasteiger partial charge in [0.05, 0.1) is 6.10 Å². The van der Waals surface area contributed by atoms with E-state index in [1.54, 1.807) is 0 Å². The summed E-state index contributed by atoms with van der Waals surface area (Å²) in [5.74, 6) is 1.60. The van der Waals surface area contributed by atoms with Crippen molar-refractivity contribution in [3.05, 3.63) is 0 Å². The van der Waals surface area contributed by atoms with Crippen molar-refractivity contribution in [1.82, 2.24) is 0 Å². The monoisotopic (exact) mass is 128 g/mol. The summed E-state index contributed by atoms with van der Waals surface area (Å²) in [6.45, 7) is 7.70. The Morgan fingerprint density at radius 2 is 2.11 bits per heavy atom. The highest BCUT2D eigenvalue weighted by Crippen LogP contribution is 2.26. The lowest BCUT2D eigenvalue weighted by Crippen LogP contribution is -2.16. The zero-order chi connectivity index (χ0) is 6.85. The molecular weight excluding hydrogens is 112 g/mol. The molecule has 0 saturated carbocycles. The summed E-state index contributed by atoms with van der Waals surface area (Å²) in [5.41, 5.74) is 0. The average Bonchev–Trinajstić information content (AvgIpc) is 2.13. The fourth-order valence-corrected chi connectivity index (χ4v) is 1.62. The summed E-state index contributed by atoms with van der Waals surface area (Å²) < 4.78 is 5.43. The Labute approximate surface area is 57.4 Å². The molecule has 1 heterocycles. The van der Waals surface area contributed by atoms with Crippen molar-refractivity contribution in [2.45, 2.75) is 33.3 Å². The van der Waals surface area contributed by atoms with E-state index in [0.29, 0.717) is 6.10 Å². The third-order valence-corrected chi connectivity index (χ3v) is 2.29. The molecule has 0 radical (unpaired) electrons. The van der Waals surface area contributed by atoms with E-state index < -0.39 is 0 Å². The second kappa shape index (κ2) is 2.70. The molecule has 0 aromatic rings. The molecule has 0 aliphatic carbocycles. The first-order valence-electron chi connectivity index (χ1n) is 3.83. The van der Waals surface area contributed by atoms with Crippen molar-refractivity contribution in [2.75, 3.05) is 6.61 Å². The van der Waals surface area contributed by atoms with E-state index in [0.717, 1.165) is 18.4 Å². The molecule has 54 valence electrons. The Bertz CT molecular complexity index is 88.6. The number of rotatable bonds is 1. The van der Waals surface area contributed by atoms with Gasteiger partial charge in [-0.1, -0.05) is 13.8 Å². The van der Waals surface area contributed by atoms with E-state index in [2.05, 4.69) is 20.8 Å². The van der Waals surface area contributed by atoms with Crippen molar-refractivity contribution in [1.29, 1.82) is 0 Å². The SMILES string of the molecule is CC(C)[C@@H]1CCO[C@@H]1C. The van der Waals surface area contributed by atoms with Crippen molar-refractivity contribution in [2.24, 2.45) is 11.8 Å². The highest BCUT2D eigenvalue weighted by molar-refractivity contribution is 4.74. The Morgan fingerprint density at radius 1 is 1.44 bits per heavy atom. The molecule has 0 aromatic heterocycles. The summed E-state index contributed by atoms with van der Waals surface area (Å²) in [6, 6.07) is 0. The first-order valence-corrected chi connectivity index (χ1v) is 3.83. The summed E-state index contributed by atoms with van der Waals surface area (Å²) in [7, 11) is 0. The van der Waals surface area contributed by atoms with Gasteiger partial charge in [-0.3, -0.25) is 0 Å². The van der Waals surface area contributed by atoms with Crippen LogP contribution in [0.3, 0.4) is 0 Å². The van der Waals surface area contributed by atoms with Gasteiger partial charge in [-0.05, 0) is 25.2 Å². The van der Waals surface area contributed by atoms with Crippen LogP contribution in [0.25, 0.3) is 0 Å². The van der Waals surface area contributed by atoms with Crippen LogP contribution in [0.1, 0.15) is 27.2 Å². The number of ether oxygens (including phenoxy) is 1. The molecule has 1 aliphatic heterocycles. The van der Waals surface area contributed by atoms with Crippen molar-refractivity contribution in [3.63, 3.8) is 0 Å². The molecule has 0 aromatic carbocycles. The van der Waals surface area contributed by atoms with E-state index >= 15 is 0 Å². The highest BCUT2D eigenvalue weighted by atomic mass is 16.5. The van der Waals surface area contributed by atoms with Crippen LogP contribution in [-0.4, -0.2) is 12.7 Å². The molecule has 1 nitrogen and oxygen atoms in total. The van der Waals surface area contributed by atoms with Crippen LogP contribution in [0.5, 0.6) is 0 Å². The second-order valence-electron chi connectivity index (χ2n) is 3.27. The van der Waals surface area contributed by atoms with Crippen molar-refractivity contribution >= 4 is 0 Å². The Hall–Kier alpha value is -0.0400. The third-order valence-electron chi connectivity index (χ3n) is 2.29. The molecule has 0 amide bonds. The van der Waals surface area contributed by atoms with Gasteiger partial charge < -0.3 is 4.74 Å². The Kier molecular flexibility index (Phi) is 2.12. The van der Waals surface area contributed by atoms with Crippen LogP contribution in [0.4, 0.5) is 0 Å². The van der Waals surface area contributed by atoms with Gasteiger partial charge in [0.25, 0.3) is 0 Å². The Balaban J connectivity index is 2.40. The van der Waals surface area contributed by atoms with Gasteiger partial charge in [0.2, 0.25) is 0 Å². The first-order chi connectivity index (χ1) is 4.22. The van der Waals surface area contributed by atoms with E-state index in [1.807, 2.05) is 0 Å². The minimum atomic E-state index is 0.505. The maximum Gasteiger partial charge on any atom is 0.0578 e. The van der Waals surface area contributed by atoms with Crippen LogP contribution in [-0.2, 0) is 4.74 Å². The molecule has 1 rings (SSSR count).